The molecule has 0 aromatic rings. The highest BCUT2D eigenvalue weighted by Crippen LogP contribution is 2.32. The number of carbonyl (C=O) groups is 1. The van der Waals surface area contributed by atoms with Gasteiger partial charge in [-0.25, -0.2) is 0 Å². The molecule has 1 unspecified atom stereocenters. The predicted molar refractivity (Wildman–Crippen MR) is 71.3 cm³/mol. The summed E-state index contributed by atoms with van der Waals surface area (Å²) in [4.78, 5) is 16.1. The number of likely N-dealkylation sites (tertiary alicyclic amines) is 1. The third-order valence-corrected chi connectivity index (χ3v) is 4.08. The topological polar surface area (TPSA) is 43.8 Å². The summed E-state index contributed by atoms with van der Waals surface area (Å²) in [5.74, 6) is 0.799. The number of piperidine rings is 1. The molecule has 1 atom stereocenters. The number of hydrogen-bond donors (Lipinski definition) is 1. The number of aliphatic hydroxyl groups excluding tert-OH is 1. The van der Waals surface area contributed by atoms with Crippen molar-refractivity contribution in [2.75, 3.05) is 33.2 Å². The SMILES string of the molecule is CN(CCC(=O)N1CCCCC1)CC(O)C1CC1. The van der Waals surface area contributed by atoms with Gasteiger partial charge in [0.05, 0.1) is 6.10 Å². The lowest BCUT2D eigenvalue weighted by atomic mass is 10.1. The molecule has 1 N–H and O–H groups in total. The summed E-state index contributed by atoms with van der Waals surface area (Å²) < 4.78 is 0. The molecule has 0 bridgehead atoms. The van der Waals surface area contributed by atoms with Crippen molar-refractivity contribution in [1.82, 2.24) is 9.80 Å². The average molecular weight is 254 g/mol. The van der Waals surface area contributed by atoms with Crippen LogP contribution in [0.1, 0.15) is 38.5 Å². The first-order valence-corrected chi connectivity index (χ1v) is 7.31. The summed E-state index contributed by atoms with van der Waals surface area (Å²) >= 11 is 0. The predicted octanol–water partition coefficient (Wildman–Crippen LogP) is 1.09. The third kappa shape index (κ3) is 4.25. The van der Waals surface area contributed by atoms with Crippen LogP contribution < -0.4 is 0 Å². The Labute approximate surface area is 110 Å². The first kappa shape index (κ1) is 13.8. The minimum Gasteiger partial charge on any atom is -0.392 e. The maximum absolute atomic E-state index is 12.0. The molecule has 2 rings (SSSR count). The van der Waals surface area contributed by atoms with Gasteiger partial charge in [-0.15, -0.1) is 0 Å². The second-order valence-electron chi connectivity index (χ2n) is 5.86. The maximum Gasteiger partial charge on any atom is 0.223 e. The third-order valence-electron chi connectivity index (χ3n) is 4.08. The van der Waals surface area contributed by atoms with Gasteiger partial charge in [0.15, 0.2) is 0 Å². The normalized spacial score (nSPS) is 22.3. The molecule has 0 aromatic heterocycles. The Bertz CT molecular complexity index is 273. The monoisotopic (exact) mass is 254 g/mol. The quantitative estimate of drug-likeness (QED) is 0.772. The van der Waals surface area contributed by atoms with Gasteiger partial charge < -0.3 is 14.9 Å². The molecule has 104 valence electrons. The summed E-state index contributed by atoms with van der Waals surface area (Å²) in [6, 6.07) is 0. The lowest BCUT2D eigenvalue weighted by molar-refractivity contribution is -0.132. The smallest absolute Gasteiger partial charge is 0.223 e. The van der Waals surface area contributed by atoms with Crippen molar-refractivity contribution in [3.63, 3.8) is 0 Å². The van der Waals surface area contributed by atoms with Gasteiger partial charge in [-0.1, -0.05) is 0 Å². The van der Waals surface area contributed by atoms with Gasteiger partial charge in [0.1, 0.15) is 0 Å². The van der Waals surface area contributed by atoms with Crippen LogP contribution in [0, 0.1) is 5.92 Å². The zero-order valence-electron chi connectivity index (χ0n) is 11.5. The van der Waals surface area contributed by atoms with Crippen LogP contribution in [0.3, 0.4) is 0 Å². The Hall–Kier alpha value is -0.610. The van der Waals surface area contributed by atoms with Gasteiger partial charge in [0.2, 0.25) is 5.91 Å². The zero-order valence-corrected chi connectivity index (χ0v) is 11.5. The Morgan fingerprint density at radius 1 is 1.33 bits per heavy atom. The van der Waals surface area contributed by atoms with Crippen molar-refractivity contribution in [2.24, 2.45) is 5.92 Å². The number of rotatable bonds is 6. The van der Waals surface area contributed by atoms with E-state index >= 15 is 0 Å². The minimum absolute atomic E-state index is 0.194. The fraction of sp³-hybridized carbons (Fsp3) is 0.929. The Morgan fingerprint density at radius 3 is 2.61 bits per heavy atom. The van der Waals surface area contributed by atoms with E-state index in [-0.39, 0.29) is 12.0 Å². The molecule has 1 amide bonds. The average Bonchev–Trinajstić information content (AvgIpc) is 3.21. The van der Waals surface area contributed by atoms with Crippen molar-refractivity contribution in [3.05, 3.63) is 0 Å². The fourth-order valence-electron chi connectivity index (χ4n) is 2.63. The zero-order chi connectivity index (χ0) is 13.0. The number of aliphatic hydroxyl groups is 1. The molecule has 1 aliphatic carbocycles. The van der Waals surface area contributed by atoms with Crippen LogP contribution in [0.5, 0.6) is 0 Å². The van der Waals surface area contributed by atoms with Crippen LogP contribution in [0.4, 0.5) is 0 Å². The molecule has 0 spiro atoms. The lowest BCUT2D eigenvalue weighted by Crippen LogP contribution is -2.38. The van der Waals surface area contributed by atoms with Crippen LogP contribution in [0.15, 0.2) is 0 Å². The summed E-state index contributed by atoms with van der Waals surface area (Å²) in [6.45, 7) is 3.34. The molecule has 1 aliphatic heterocycles. The Morgan fingerprint density at radius 2 is 2.00 bits per heavy atom. The molecule has 4 heteroatoms. The van der Waals surface area contributed by atoms with E-state index in [1.54, 1.807) is 0 Å². The van der Waals surface area contributed by atoms with Crippen LogP contribution in [-0.4, -0.2) is 60.1 Å². The van der Waals surface area contributed by atoms with E-state index in [9.17, 15) is 9.90 Å². The summed E-state index contributed by atoms with van der Waals surface area (Å²) in [5.41, 5.74) is 0. The molecule has 1 saturated heterocycles. The largest absolute Gasteiger partial charge is 0.392 e. The Balaban J connectivity index is 1.61. The van der Waals surface area contributed by atoms with E-state index < -0.39 is 0 Å². The first-order valence-electron chi connectivity index (χ1n) is 7.31. The minimum atomic E-state index is -0.194. The molecule has 4 nitrogen and oxygen atoms in total. The van der Waals surface area contributed by atoms with Gasteiger partial charge in [-0.2, -0.15) is 0 Å². The van der Waals surface area contributed by atoms with Gasteiger partial charge in [-0.3, -0.25) is 4.79 Å². The second-order valence-corrected chi connectivity index (χ2v) is 5.86. The number of hydrogen-bond acceptors (Lipinski definition) is 3. The Kier molecular flexibility index (Phi) is 5.01. The van der Waals surface area contributed by atoms with Gasteiger partial charge in [0, 0.05) is 32.6 Å². The van der Waals surface area contributed by atoms with Gasteiger partial charge >= 0.3 is 0 Å². The van der Waals surface area contributed by atoms with Crippen molar-refractivity contribution >= 4 is 5.91 Å². The van der Waals surface area contributed by atoms with Crippen molar-refractivity contribution in [1.29, 1.82) is 0 Å². The van der Waals surface area contributed by atoms with Crippen LogP contribution in [-0.2, 0) is 4.79 Å². The molecule has 1 saturated carbocycles. The van der Waals surface area contributed by atoms with Gasteiger partial charge in [0.25, 0.3) is 0 Å². The van der Waals surface area contributed by atoms with E-state index in [4.69, 9.17) is 0 Å². The summed E-state index contributed by atoms with van der Waals surface area (Å²) in [7, 11) is 2.00. The molecule has 1 heterocycles. The molecule has 0 aromatic carbocycles. The molecular weight excluding hydrogens is 228 g/mol. The van der Waals surface area contributed by atoms with E-state index in [0.29, 0.717) is 18.9 Å². The number of carbonyl (C=O) groups excluding carboxylic acids is 1. The van der Waals surface area contributed by atoms with Crippen molar-refractivity contribution in [3.8, 4) is 0 Å². The van der Waals surface area contributed by atoms with Crippen molar-refractivity contribution in [2.45, 2.75) is 44.6 Å². The van der Waals surface area contributed by atoms with Crippen molar-refractivity contribution < 1.29 is 9.90 Å². The highest BCUT2D eigenvalue weighted by atomic mass is 16.3. The van der Waals surface area contributed by atoms with Crippen LogP contribution >= 0.6 is 0 Å². The molecule has 2 aliphatic rings. The van der Waals surface area contributed by atoms with E-state index in [0.717, 1.165) is 32.5 Å². The first-order chi connectivity index (χ1) is 8.66. The standard InChI is InChI=1S/C14H26N2O2/c1-15(11-13(17)12-5-6-12)10-7-14(18)16-8-3-2-4-9-16/h12-13,17H,2-11H2,1H3. The second kappa shape index (κ2) is 6.53. The van der Waals surface area contributed by atoms with Gasteiger partial charge in [-0.05, 0) is 45.1 Å². The number of nitrogens with zero attached hydrogens (tertiary/aromatic N) is 2. The summed E-state index contributed by atoms with van der Waals surface area (Å²) in [5, 5.41) is 9.84. The van der Waals surface area contributed by atoms with E-state index in [2.05, 4.69) is 4.90 Å². The highest BCUT2D eigenvalue weighted by molar-refractivity contribution is 5.76. The molecule has 2 fully saturated rings. The van der Waals surface area contributed by atoms with E-state index in [1.165, 1.54) is 19.3 Å². The number of amides is 1. The molecule has 18 heavy (non-hydrogen) atoms. The fourth-order valence-corrected chi connectivity index (χ4v) is 2.63. The maximum atomic E-state index is 12.0. The van der Waals surface area contributed by atoms with Crippen LogP contribution in [0.2, 0.25) is 0 Å². The van der Waals surface area contributed by atoms with E-state index in [1.807, 2.05) is 11.9 Å². The van der Waals surface area contributed by atoms with Crippen LogP contribution in [0.25, 0.3) is 0 Å². The lowest BCUT2D eigenvalue weighted by Gasteiger charge is -2.28. The summed E-state index contributed by atoms with van der Waals surface area (Å²) in [6.07, 6.45) is 6.30. The molecule has 0 radical (unpaired) electrons. The highest BCUT2D eigenvalue weighted by Gasteiger charge is 2.30. The molecular formula is C14H26N2O2. The number of likely N-dealkylation sites (N-methyl/N-ethyl adjacent to an activating group) is 1.